The first-order chi connectivity index (χ1) is 12.6. The van der Waals surface area contributed by atoms with Crippen LogP contribution in [0.15, 0.2) is 48.5 Å². The predicted octanol–water partition coefficient (Wildman–Crippen LogP) is 4.15. The highest BCUT2D eigenvalue weighted by atomic mass is 32.2. The van der Waals surface area contributed by atoms with Gasteiger partial charge in [0.2, 0.25) is 5.91 Å². The number of nitro benzene ring substituents is 1. The first kappa shape index (κ1) is 18.5. The Morgan fingerprint density at radius 2 is 1.92 bits per heavy atom. The lowest BCUT2D eigenvalue weighted by Gasteiger charge is -2.20. The van der Waals surface area contributed by atoms with Crippen LogP contribution in [-0.2, 0) is 11.2 Å². The van der Waals surface area contributed by atoms with Crippen LogP contribution in [0.5, 0.6) is 0 Å². The van der Waals surface area contributed by atoms with Gasteiger partial charge in [0.25, 0.3) is 5.69 Å². The minimum atomic E-state index is -0.422. The highest BCUT2D eigenvalue weighted by Crippen LogP contribution is 2.36. The first-order valence-electron chi connectivity index (χ1n) is 8.73. The van der Waals surface area contributed by atoms with Gasteiger partial charge < -0.3 is 4.90 Å². The Bertz CT molecular complexity index is 809. The average Bonchev–Trinajstić information content (AvgIpc) is 2.88. The number of rotatable bonds is 4. The highest BCUT2D eigenvalue weighted by Gasteiger charge is 2.24. The van der Waals surface area contributed by atoms with Gasteiger partial charge >= 0.3 is 0 Å². The maximum Gasteiger partial charge on any atom is 0.273 e. The second-order valence-corrected chi connectivity index (χ2v) is 7.76. The number of benzene rings is 2. The molecular weight excluding hydrogens is 348 g/mol. The largest absolute Gasteiger partial charge is 0.342 e. The summed E-state index contributed by atoms with van der Waals surface area (Å²) in [6.45, 7) is 3.50. The van der Waals surface area contributed by atoms with E-state index in [9.17, 15) is 14.9 Å². The molecule has 1 aliphatic heterocycles. The summed E-state index contributed by atoms with van der Waals surface area (Å²) in [5.74, 6) is 0.840. The van der Waals surface area contributed by atoms with Crippen molar-refractivity contribution in [2.24, 2.45) is 0 Å². The lowest BCUT2D eigenvalue weighted by atomic mass is 10.0. The summed E-state index contributed by atoms with van der Waals surface area (Å²) in [5.41, 5.74) is 3.12. The summed E-state index contributed by atoms with van der Waals surface area (Å²) in [5, 5.41) is 11.5. The van der Waals surface area contributed by atoms with Crippen LogP contribution in [-0.4, -0.2) is 34.6 Å². The Hall–Kier alpha value is -2.34. The number of hydrogen-bond donors (Lipinski definition) is 0. The molecule has 0 aromatic heterocycles. The molecule has 136 valence electrons. The van der Waals surface area contributed by atoms with Gasteiger partial charge in [-0.15, -0.1) is 0 Å². The first-order valence-corrected chi connectivity index (χ1v) is 9.78. The van der Waals surface area contributed by atoms with Crippen LogP contribution in [0.4, 0.5) is 5.69 Å². The van der Waals surface area contributed by atoms with Crippen molar-refractivity contribution in [2.75, 3.05) is 18.8 Å². The Morgan fingerprint density at radius 3 is 2.69 bits per heavy atom. The van der Waals surface area contributed by atoms with Crippen molar-refractivity contribution in [1.29, 1.82) is 0 Å². The van der Waals surface area contributed by atoms with Crippen molar-refractivity contribution in [2.45, 2.75) is 25.0 Å². The molecular formula is C20H22N2O3S. The van der Waals surface area contributed by atoms with Crippen LogP contribution in [0.25, 0.3) is 0 Å². The van der Waals surface area contributed by atoms with Gasteiger partial charge in [-0.05, 0) is 24.5 Å². The molecule has 1 atom stereocenters. The smallest absolute Gasteiger partial charge is 0.273 e. The van der Waals surface area contributed by atoms with E-state index in [-0.39, 0.29) is 18.0 Å². The SMILES string of the molecule is Cc1ccccc1C1CCN(C(=O)Cc2ccccc2[N+](=O)[O-])CCS1. The average molecular weight is 370 g/mol. The number of nitrogens with zero attached hydrogens (tertiary/aromatic N) is 2. The van der Waals surface area contributed by atoms with Crippen molar-refractivity contribution in [1.82, 2.24) is 4.90 Å². The topological polar surface area (TPSA) is 63.5 Å². The molecule has 0 bridgehead atoms. The van der Waals surface area contributed by atoms with E-state index >= 15 is 0 Å². The van der Waals surface area contributed by atoms with Crippen molar-refractivity contribution in [3.05, 3.63) is 75.3 Å². The monoisotopic (exact) mass is 370 g/mol. The minimum absolute atomic E-state index is 0.0165. The summed E-state index contributed by atoms with van der Waals surface area (Å²) >= 11 is 1.88. The van der Waals surface area contributed by atoms with Crippen molar-refractivity contribution >= 4 is 23.4 Å². The van der Waals surface area contributed by atoms with E-state index in [1.807, 2.05) is 22.7 Å². The summed E-state index contributed by atoms with van der Waals surface area (Å²) in [7, 11) is 0. The molecule has 0 radical (unpaired) electrons. The molecule has 1 saturated heterocycles. The number of amides is 1. The number of para-hydroxylation sites is 1. The van der Waals surface area contributed by atoms with Gasteiger partial charge in [0.1, 0.15) is 0 Å². The van der Waals surface area contributed by atoms with E-state index in [2.05, 4.69) is 25.1 Å². The third-order valence-electron chi connectivity index (χ3n) is 4.76. The van der Waals surface area contributed by atoms with Gasteiger partial charge in [0, 0.05) is 35.7 Å². The molecule has 1 amide bonds. The van der Waals surface area contributed by atoms with Crippen LogP contribution >= 0.6 is 11.8 Å². The van der Waals surface area contributed by atoms with E-state index < -0.39 is 4.92 Å². The van der Waals surface area contributed by atoms with E-state index in [4.69, 9.17) is 0 Å². The molecule has 0 spiro atoms. The summed E-state index contributed by atoms with van der Waals surface area (Å²) in [4.78, 5) is 25.3. The van der Waals surface area contributed by atoms with Crippen LogP contribution in [0.3, 0.4) is 0 Å². The number of nitro groups is 1. The zero-order valence-electron chi connectivity index (χ0n) is 14.8. The predicted molar refractivity (Wildman–Crippen MR) is 104 cm³/mol. The fraction of sp³-hybridized carbons (Fsp3) is 0.350. The standard InChI is InChI=1S/C20H22N2O3S/c1-15-6-2-4-8-17(15)19-10-11-21(12-13-26-19)20(23)14-16-7-3-5-9-18(16)22(24)25/h2-9,19H,10-14H2,1H3. The number of thioether (sulfide) groups is 1. The zero-order chi connectivity index (χ0) is 18.5. The lowest BCUT2D eigenvalue weighted by molar-refractivity contribution is -0.385. The van der Waals surface area contributed by atoms with Crippen LogP contribution in [0.2, 0.25) is 0 Å². The van der Waals surface area contributed by atoms with E-state index in [0.717, 1.165) is 12.2 Å². The van der Waals surface area contributed by atoms with Gasteiger partial charge in [-0.25, -0.2) is 0 Å². The summed E-state index contributed by atoms with van der Waals surface area (Å²) in [6, 6.07) is 14.9. The molecule has 3 rings (SSSR count). The third-order valence-corrected chi connectivity index (χ3v) is 6.07. The molecule has 1 aliphatic rings. The Morgan fingerprint density at radius 1 is 1.19 bits per heavy atom. The zero-order valence-corrected chi connectivity index (χ0v) is 15.6. The Labute approximate surface area is 157 Å². The molecule has 0 saturated carbocycles. The number of hydrogen-bond acceptors (Lipinski definition) is 4. The molecule has 2 aromatic rings. The van der Waals surface area contributed by atoms with Crippen molar-refractivity contribution in [3.63, 3.8) is 0 Å². The second-order valence-electron chi connectivity index (χ2n) is 6.45. The fourth-order valence-electron chi connectivity index (χ4n) is 3.33. The fourth-order valence-corrected chi connectivity index (χ4v) is 4.66. The third kappa shape index (κ3) is 4.25. The molecule has 1 heterocycles. The number of aryl methyl sites for hydroxylation is 1. The molecule has 5 nitrogen and oxygen atoms in total. The summed E-state index contributed by atoms with van der Waals surface area (Å²) < 4.78 is 0. The van der Waals surface area contributed by atoms with E-state index in [0.29, 0.717) is 23.9 Å². The highest BCUT2D eigenvalue weighted by molar-refractivity contribution is 7.99. The van der Waals surface area contributed by atoms with Gasteiger partial charge in [0.15, 0.2) is 0 Å². The van der Waals surface area contributed by atoms with Gasteiger partial charge in [-0.3, -0.25) is 14.9 Å². The maximum absolute atomic E-state index is 12.7. The summed E-state index contributed by atoms with van der Waals surface area (Å²) in [6.07, 6.45) is 0.981. The lowest BCUT2D eigenvalue weighted by Crippen LogP contribution is -2.34. The van der Waals surface area contributed by atoms with Crippen molar-refractivity contribution < 1.29 is 9.72 Å². The quantitative estimate of drug-likeness (QED) is 0.599. The molecule has 26 heavy (non-hydrogen) atoms. The van der Waals surface area contributed by atoms with Gasteiger partial charge in [-0.1, -0.05) is 42.5 Å². The van der Waals surface area contributed by atoms with Crippen molar-refractivity contribution in [3.8, 4) is 0 Å². The Balaban J connectivity index is 1.67. The van der Waals surface area contributed by atoms with Crippen LogP contribution in [0, 0.1) is 17.0 Å². The molecule has 0 aliphatic carbocycles. The number of carbonyl (C=O) groups is 1. The number of carbonyl (C=O) groups excluding carboxylic acids is 1. The Kier molecular flexibility index (Phi) is 5.93. The van der Waals surface area contributed by atoms with Gasteiger partial charge in [-0.2, -0.15) is 11.8 Å². The van der Waals surface area contributed by atoms with Crippen LogP contribution < -0.4 is 0 Å². The maximum atomic E-state index is 12.7. The molecule has 2 aromatic carbocycles. The molecule has 6 heteroatoms. The molecule has 0 N–H and O–H groups in total. The minimum Gasteiger partial charge on any atom is -0.342 e. The van der Waals surface area contributed by atoms with Crippen LogP contribution in [0.1, 0.15) is 28.4 Å². The van der Waals surface area contributed by atoms with E-state index in [1.54, 1.807) is 18.2 Å². The molecule has 1 fully saturated rings. The van der Waals surface area contributed by atoms with Gasteiger partial charge in [0.05, 0.1) is 11.3 Å². The van der Waals surface area contributed by atoms with E-state index in [1.165, 1.54) is 17.2 Å². The molecule has 1 unspecified atom stereocenters. The normalized spacial score (nSPS) is 17.6. The second kappa shape index (κ2) is 8.36.